The van der Waals surface area contributed by atoms with Gasteiger partial charge in [0, 0.05) is 5.92 Å². The fourth-order valence-corrected chi connectivity index (χ4v) is 1.57. The minimum Gasteiger partial charge on any atom is -0.330 e. The van der Waals surface area contributed by atoms with Gasteiger partial charge in [0.05, 0.1) is 0 Å². The van der Waals surface area contributed by atoms with Gasteiger partial charge in [-0.2, -0.15) is 0 Å². The normalized spacial score (nSPS) is 15.3. The standard InChI is InChI=1S/C11H23NO/c1-3-5-6-11(9-13)7-10(4-2)8-12/h9-11H,3-8,12H2,1-2H3/t10-,11-/m0/s1. The summed E-state index contributed by atoms with van der Waals surface area (Å²) in [6, 6.07) is 0. The van der Waals surface area contributed by atoms with Gasteiger partial charge in [-0.1, -0.05) is 33.1 Å². The Morgan fingerprint density at radius 1 is 1.38 bits per heavy atom. The van der Waals surface area contributed by atoms with Crippen LogP contribution in [0.15, 0.2) is 0 Å². The molecule has 0 aliphatic rings. The maximum absolute atomic E-state index is 10.7. The highest BCUT2D eigenvalue weighted by atomic mass is 16.1. The molecule has 0 heterocycles. The van der Waals surface area contributed by atoms with Crippen molar-refractivity contribution in [3.8, 4) is 0 Å². The van der Waals surface area contributed by atoms with Gasteiger partial charge in [-0.15, -0.1) is 0 Å². The number of carbonyl (C=O) groups is 1. The second-order valence-corrected chi connectivity index (χ2v) is 3.78. The average molecular weight is 185 g/mol. The van der Waals surface area contributed by atoms with E-state index in [1.807, 2.05) is 0 Å². The van der Waals surface area contributed by atoms with Crippen LogP contribution in [-0.2, 0) is 4.79 Å². The van der Waals surface area contributed by atoms with Gasteiger partial charge in [0.1, 0.15) is 6.29 Å². The summed E-state index contributed by atoms with van der Waals surface area (Å²) in [5.74, 6) is 0.778. The summed E-state index contributed by atoms with van der Waals surface area (Å²) in [5, 5.41) is 0. The van der Waals surface area contributed by atoms with Crippen LogP contribution in [0.2, 0.25) is 0 Å². The lowest BCUT2D eigenvalue weighted by Gasteiger charge is -2.16. The first-order valence-corrected chi connectivity index (χ1v) is 5.43. The highest BCUT2D eigenvalue weighted by molar-refractivity contribution is 5.53. The molecule has 0 aliphatic heterocycles. The first kappa shape index (κ1) is 12.6. The van der Waals surface area contributed by atoms with E-state index in [1.54, 1.807) is 0 Å². The van der Waals surface area contributed by atoms with Crippen molar-refractivity contribution in [1.82, 2.24) is 0 Å². The van der Waals surface area contributed by atoms with Crippen molar-refractivity contribution in [2.75, 3.05) is 6.54 Å². The number of aldehydes is 1. The molecule has 0 radical (unpaired) electrons. The fraction of sp³-hybridized carbons (Fsp3) is 0.909. The van der Waals surface area contributed by atoms with E-state index in [2.05, 4.69) is 13.8 Å². The Hall–Kier alpha value is -0.370. The summed E-state index contributed by atoms with van der Waals surface area (Å²) in [4.78, 5) is 10.7. The minimum absolute atomic E-state index is 0.244. The Bertz CT molecular complexity index is 121. The Morgan fingerprint density at radius 3 is 2.46 bits per heavy atom. The lowest BCUT2D eigenvalue weighted by Crippen LogP contribution is -2.18. The molecule has 2 atom stereocenters. The van der Waals surface area contributed by atoms with Crippen LogP contribution in [0.25, 0.3) is 0 Å². The van der Waals surface area contributed by atoms with Crippen LogP contribution in [0.5, 0.6) is 0 Å². The van der Waals surface area contributed by atoms with Crippen molar-refractivity contribution in [2.24, 2.45) is 17.6 Å². The topological polar surface area (TPSA) is 43.1 Å². The van der Waals surface area contributed by atoms with E-state index in [4.69, 9.17) is 5.73 Å². The molecule has 0 fully saturated rings. The van der Waals surface area contributed by atoms with Gasteiger partial charge < -0.3 is 10.5 Å². The Morgan fingerprint density at radius 2 is 2.08 bits per heavy atom. The molecule has 78 valence electrons. The number of hydrogen-bond acceptors (Lipinski definition) is 2. The molecule has 13 heavy (non-hydrogen) atoms. The highest BCUT2D eigenvalue weighted by Crippen LogP contribution is 2.18. The van der Waals surface area contributed by atoms with E-state index in [9.17, 15) is 4.79 Å². The molecule has 2 heteroatoms. The second-order valence-electron chi connectivity index (χ2n) is 3.78. The van der Waals surface area contributed by atoms with Crippen molar-refractivity contribution in [1.29, 1.82) is 0 Å². The van der Waals surface area contributed by atoms with E-state index in [0.29, 0.717) is 12.5 Å². The quantitative estimate of drug-likeness (QED) is 0.590. The minimum atomic E-state index is 0.244. The molecule has 0 amide bonds. The molecule has 0 aliphatic carbocycles. The van der Waals surface area contributed by atoms with Crippen LogP contribution in [0.1, 0.15) is 46.0 Å². The first-order valence-electron chi connectivity index (χ1n) is 5.43. The second kappa shape index (κ2) is 8.24. The summed E-state index contributed by atoms with van der Waals surface area (Å²) in [6.07, 6.45) is 6.54. The zero-order chi connectivity index (χ0) is 10.1. The molecule has 0 bridgehead atoms. The lowest BCUT2D eigenvalue weighted by atomic mass is 9.90. The van der Waals surface area contributed by atoms with Crippen molar-refractivity contribution in [3.63, 3.8) is 0 Å². The number of hydrogen-bond donors (Lipinski definition) is 1. The maximum atomic E-state index is 10.7. The molecular formula is C11H23NO. The Balaban J connectivity index is 3.73. The summed E-state index contributed by atoms with van der Waals surface area (Å²) in [7, 11) is 0. The van der Waals surface area contributed by atoms with Crippen molar-refractivity contribution >= 4 is 6.29 Å². The molecule has 0 aromatic heterocycles. The summed E-state index contributed by atoms with van der Waals surface area (Å²) >= 11 is 0. The van der Waals surface area contributed by atoms with Crippen molar-refractivity contribution in [3.05, 3.63) is 0 Å². The molecule has 0 saturated heterocycles. The predicted molar refractivity (Wildman–Crippen MR) is 56.5 cm³/mol. The van der Waals surface area contributed by atoms with E-state index >= 15 is 0 Å². The van der Waals surface area contributed by atoms with E-state index in [0.717, 1.165) is 32.0 Å². The molecule has 2 nitrogen and oxygen atoms in total. The monoisotopic (exact) mass is 185 g/mol. The Labute approximate surface area is 81.9 Å². The molecule has 0 aromatic rings. The summed E-state index contributed by atoms with van der Waals surface area (Å²) < 4.78 is 0. The summed E-state index contributed by atoms with van der Waals surface area (Å²) in [6.45, 7) is 5.01. The van der Waals surface area contributed by atoms with Gasteiger partial charge >= 0.3 is 0 Å². The molecule has 2 N–H and O–H groups in total. The largest absolute Gasteiger partial charge is 0.330 e. The van der Waals surface area contributed by atoms with Gasteiger partial charge in [0.2, 0.25) is 0 Å². The SMILES string of the molecule is CCCC[C@H](C=O)C[C@H](CC)CN. The number of unbranched alkanes of at least 4 members (excludes halogenated alkanes) is 1. The zero-order valence-corrected chi connectivity index (χ0v) is 8.96. The van der Waals surface area contributed by atoms with Crippen LogP contribution in [-0.4, -0.2) is 12.8 Å². The van der Waals surface area contributed by atoms with Gasteiger partial charge in [0.25, 0.3) is 0 Å². The molecule has 0 spiro atoms. The van der Waals surface area contributed by atoms with Crippen molar-refractivity contribution in [2.45, 2.75) is 46.0 Å². The number of nitrogens with two attached hydrogens (primary N) is 1. The maximum Gasteiger partial charge on any atom is 0.123 e. The highest BCUT2D eigenvalue weighted by Gasteiger charge is 2.12. The van der Waals surface area contributed by atoms with E-state index in [-0.39, 0.29) is 5.92 Å². The van der Waals surface area contributed by atoms with Gasteiger partial charge in [-0.25, -0.2) is 0 Å². The van der Waals surface area contributed by atoms with Crippen LogP contribution < -0.4 is 5.73 Å². The van der Waals surface area contributed by atoms with Crippen LogP contribution >= 0.6 is 0 Å². The molecule has 0 rings (SSSR count). The van der Waals surface area contributed by atoms with Gasteiger partial charge in [0.15, 0.2) is 0 Å². The number of carbonyl (C=O) groups excluding carboxylic acids is 1. The molecule has 0 saturated carbocycles. The van der Waals surface area contributed by atoms with Gasteiger partial charge in [-0.3, -0.25) is 0 Å². The first-order chi connectivity index (χ1) is 6.28. The third kappa shape index (κ3) is 5.81. The third-order valence-corrected chi connectivity index (χ3v) is 2.67. The molecular weight excluding hydrogens is 162 g/mol. The van der Waals surface area contributed by atoms with Gasteiger partial charge in [-0.05, 0) is 25.3 Å². The smallest absolute Gasteiger partial charge is 0.123 e. The summed E-state index contributed by atoms with van der Waals surface area (Å²) in [5.41, 5.74) is 5.60. The number of rotatable bonds is 8. The fourth-order valence-electron chi connectivity index (χ4n) is 1.57. The predicted octanol–water partition coefficient (Wildman–Crippen LogP) is 2.37. The van der Waals surface area contributed by atoms with Crippen LogP contribution in [0.4, 0.5) is 0 Å². The third-order valence-electron chi connectivity index (χ3n) is 2.67. The zero-order valence-electron chi connectivity index (χ0n) is 8.96. The van der Waals surface area contributed by atoms with E-state index in [1.165, 1.54) is 6.42 Å². The Kier molecular flexibility index (Phi) is 8.00. The average Bonchev–Trinajstić information content (AvgIpc) is 2.19. The lowest BCUT2D eigenvalue weighted by molar-refractivity contribution is -0.111. The molecule has 0 aromatic carbocycles. The molecule has 0 unspecified atom stereocenters. The van der Waals surface area contributed by atoms with E-state index < -0.39 is 0 Å². The van der Waals surface area contributed by atoms with Crippen molar-refractivity contribution < 1.29 is 4.79 Å². The van der Waals surface area contributed by atoms with Crippen LogP contribution in [0.3, 0.4) is 0 Å². The van der Waals surface area contributed by atoms with Crippen LogP contribution in [0, 0.1) is 11.8 Å².